The van der Waals surface area contributed by atoms with Crippen LogP contribution in [0.4, 0.5) is 0 Å². The Hall–Kier alpha value is -2.73. The van der Waals surface area contributed by atoms with E-state index < -0.39 is 0 Å². The van der Waals surface area contributed by atoms with Gasteiger partial charge in [0.15, 0.2) is 5.11 Å². The highest BCUT2D eigenvalue weighted by Gasteiger charge is 2.42. The van der Waals surface area contributed by atoms with Gasteiger partial charge < -0.3 is 14.8 Å². The Morgan fingerprint density at radius 2 is 1.90 bits per heavy atom. The first-order valence-corrected chi connectivity index (χ1v) is 10.6. The van der Waals surface area contributed by atoms with E-state index in [4.69, 9.17) is 12.2 Å². The van der Waals surface area contributed by atoms with E-state index in [-0.39, 0.29) is 12.1 Å². The fraction of sp³-hybridized carbons (Fsp3) is 0.348. The van der Waals surface area contributed by atoms with Crippen molar-refractivity contribution in [3.8, 4) is 0 Å². The summed E-state index contributed by atoms with van der Waals surface area (Å²) in [6, 6.07) is 13.3. The van der Waals surface area contributed by atoms with Crippen molar-refractivity contribution in [2.45, 2.75) is 51.4 Å². The maximum atomic E-state index is 5.81. The molecule has 6 heteroatoms. The number of nitrogens with zero attached hydrogens (tertiary/aromatic N) is 4. The van der Waals surface area contributed by atoms with Crippen molar-refractivity contribution >= 4 is 17.3 Å². The van der Waals surface area contributed by atoms with Crippen LogP contribution in [0, 0.1) is 13.8 Å². The van der Waals surface area contributed by atoms with E-state index in [1.54, 1.807) is 0 Å². The van der Waals surface area contributed by atoms with Crippen LogP contribution >= 0.6 is 12.2 Å². The molecule has 0 bridgehead atoms. The fourth-order valence-corrected chi connectivity index (χ4v) is 4.90. The van der Waals surface area contributed by atoms with Crippen LogP contribution in [-0.2, 0) is 6.54 Å². The summed E-state index contributed by atoms with van der Waals surface area (Å²) in [5.41, 5.74) is 6.25. The molecule has 2 atom stereocenters. The zero-order chi connectivity index (χ0) is 20.0. The predicted molar refractivity (Wildman–Crippen MR) is 117 cm³/mol. The van der Waals surface area contributed by atoms with Gasteiger partial charge in [-0.05, 0) is 80.4 Å². The average Bonchev–Trinajstić information content (AvgIpc) is 3.46. The minimum atomic E-state index is 0.0266. The molecule has 5 nitrogen and oxygen atoms in total. The minimum Gasteiger partial charge on any atom is -0.352 e. The molecule has 29 heavy (non-hydrogen) atoms. The van der Waals surface area contributed by atoms with Gasteiger partial charge in [0.1, 0.15) is 0 Å². The molecule has 2 fully saturated rings. The molecule has 3 aromatic heterocycles. The molecule has 2 aliphatic rings. The quantitative estimate of drug-likeness (QED) is 0.640. The minimum absolute atomic E-state index is 0.0266. The molecule has 1 aliphatic carbocycles. The van der Waals surface area contributed by atoms with Crippen LogP contribution in [0.3, 0.4) is 0 Å². The molecule has 1 saturated carbocycles. The second kappa shape index (κ2) is 7.26. The molecule has 4 heterocycles. The smallest absolute Gasteiger partial charge is 0.170 e. The fourth-order valence-electron chi connectivity index (χ4n) is 4.60. The second-order valence-corrected chi connectivity index (χ2v) is 8.42. The molecule has 0 spiro atoms. The Morgan fingerprint density at radius 3 is 2.59 bits per heavy atom. The lowest BCUT2D eigenvalue weighted by Gasteiger charge is -2.28. The Balaban J connectivity index is 1.59. The van der Waals surface area contributed by atoms with Gasteiger partial charge in [0.2, 0.25) is 0 Å². The lowest BCUT2D eigenvalue weighted by Crippen LogP contribution is -2.29. The highest BCUT2D eigenvalue weighted by molar-refractivity contribution is 7.80. The van der Waals surface area contributed by atoms with Crippen molar-refractivity contribution in [3.05, 3.63) is 83.2 Å². The van der Waals surface area contributed by atoms with E-state index in [2.05, 4.69) is 62.9 Å². The van der Waals surface area contributed by atoms with Gasteiger partial charge in [0.05, 0.1) is 17.8 Å². The van der Waals surface area contributed by atoms with Crippen molar-refractivity contribution in [3.63, 3.8) is 0 Å². The largest absolute Gasteiger partial charge is 0.352 e. The van der Waals surface area contributed by atoms with E-state index in [9.17, 15) is 0 Å². The lowest BCUT2D eigenvalue weighted by molar-refractivity contribution is 0.309. The molecule has 5 rings (SSSR count). The number of nitrogens with one attached hydrogen (secondary N) is 1. The normalized spacial score (nSPS) is 21.4. The van der Waals surface area contributed by atoms with Gasteiger partial charge in [-0.1, -0.05) is 6.07 Å². The standard InChI is InChI=1S/C23H25N5S/c1-15-13-19(16(2)28(15)18-6-7-18)22-21(20-5-3-4-10-25-20)26-23(29)27(22)14-17-8-11-24-12-9-17/h3-5,8-13,18,21-22H,6-7,14H2,1-2H3,(H,26,29)/t21-,22+/m0/s1. The van der Waals surface area contributed by atoms with Crippen molar-refractivity contribution in [2.24, 2.45) is 0 Å². The first-order valence-electron chi connectivity index (χ1n) is 10.2. The van der Waals surface area contributed by atoms with Crippen LogP contribution in [0.2, 0.25) is 0 Å². The maximum absolute atomic E-state index is 5.81. The number of rotatable bonds is 5. The SMILES string of the molecule is Cc1cc([C@@H]2[C@H](c3ccccn3)NC(=S)N2Cc2ccncc2)c(C)n1C1CC1. The molecular weight excluding hydrogens is 378 g/mol. The molecule has 0 unspecified atom stereocenters. The monoisotopic (exact) mass is 403 g/mol. The van der Waals surface area contributed by atoms with Crippen molar-refractivity contribution in [2.75, 3.05) is 0 Å². The van der Waals surface area contributed by atoms with Crippen LogP contribution in [0.5, 0.6) is 0 Å². The molecule has 0 radical (unpaired) electrons. The van der Waals surface area contributed by atoms with E-state index in [1.165, 1.54) is 35.4 Å². The zero-order valence-electron chi connectivity index (χ0n) is 16.7. The molecule has 1 saturated heterocycles. The lowest BCUT2D eigenvalue weighted by atomic mass is 9.96. The van der Waals surface area contributed by atoms with Crippen LogP contribution < -0.4 is 5.32 Å². The van der Waals surface area contributed by atoms with Crippen molar-refractivity contribution < 1.29 is 0 Å². The number of aromatic nitrogens is 3. The van der Waals surface area contributed by atoms with Crippen LogP contribution in [0.1, 0.15) is 59.2 Å². The van der Waals surface area contributed by atoms with Gasteiger partial charge in [0, 0.05) is 42.6 Å². The summed E-state index contributed by atoms with van der Waals surface area (Å²) < 4.78 is 2.51. The van der Waals surface area contributed by atoms with Gasteiger partial charge >= 0.3 is 0 Å². The van der Waals surface area contributed by atoms with Gasteiger partial charge in [-0.3, -0.25) is 9.97 Å². The molecule has 1 N–H and O–H groups in total. The Kier molecular flexibility index (Phi) is 4.59. The topological polar surface area (TPSA) is 46.0 Å². The second-order valence-electron chi connectivity index (χ2n) is 8.04. The Morgan fingerprint density at radius 1 is 1.10 bits per heavy atom. The number of thiocarbonyl (C=S) groups is 1. The van der Waals surface area contributed by atoms with Crippen LogP contribution in [0.25, 0.3) is 0 Å². The number of aryl methyl sites for hydroxylation is 1. The number of hydrogen-bond donors (Lipinski definition) is 1. The third-order valence-electron chi connectivity index (χ3n) is 6.05. The maximum Gasteiger partial charge on any atom is 0.170 e. The molecule has 148 valence electrons. The highest BCUT2D eigenvalue weighted by Crippen LogP contribution is 2.44. The molecule has 1 aliphatic heterocycles. The van der Waals surface area contributed by atoms with Crippen molar-refractivity contribution in [1.82, 2.24) is 24.8 Å². The Bertz CT molecular complexity index is 1030. The predicted octanol–water partition coefficient (Wildman–Crippen LogP) is 4.40. The van der Waals surface area contributed by atoms with Gasteiger partial charge in [-0.25, -0.2) is 0 Å². The summed E-state index contributed by atoms with van der Waals surface area (Å²) >= 11 is 5.81. The zero-order valence-corrected chi connectivity index (χ0v) is 17.6. The van der Waals surface area contributed by atoms with E-state index >= 15 is 0 Å². The summed E-state index contributed by atoms with van der Waals surface area (Å²) in [4.78, 5) is 11.1. The first kappa shape index (κ1) is 18.3. The Labute approximate surface area is 176 Å². The van der Waals surface area contributed by atoms with Gasteiger partial charge in [-0.15, -0.1) is 0 Å². The van der Waals surface area contributed by atoms with Crippen LogP contribution in [0.15, 0.2) is 55.0 Å². The van der Waals surface area contributed by atoms with Gasteiger partial charge in [-0.2, -0.15) is 0 Å². The third kappa shape index (κ3) is 3.31. The third-order valence-corrected chi connectivity index (χ3v) is 6.41. The van der Waals surface area contributed by atoms with E-state index in [1.807, 2.05) is 30.7 Å². The van der Waals surface area contributed by atoms with Crippen LogP contribution in [-0.4, -0.2) is 24.5 Å². The average molecular weight is 404 g/mol. The van der Waals surface area contributed by atoms with E-state index in [0.717, 1.165) is 17.4 Å². The molecule has 0 aromatic carbocycles. The summed E-state index contributed by atoms with van der Waals surface area (Å²) in [6.07, 6.45) is 8.09. The molecular formula is C23H25N5S. The number of pyridine rings is 2. The first-order chi connectivity index (χ1) is 14.1. The van der Waals surface area contributed by atoms with E-state index in [0.29, 0.717) is 6.04 Å². The summed E-state index contributed by atoms with van der Waals surface area (Å²) in [7, 11) is 0. The highest BCUT2D eigenvalue weighted by atomic mass is 32.1. The summed E-state index contributed by atoms with van der Waals surface area (Å²) in [5, 5.41) is 4.34. The summed E-state index contributed by atoms with van der Waals surface area (Å²) in [6.45, 7) is 5.22. The van der Waals surface area contributed by atoms with Crippen molar-refractivity contribution in [1.29, 1.82) is 0 Å². The molecule has 0 amide bonds. The molecule has 3 aromatic rings. The summed E-state index contributed by atoms with van der Waals surface area (Å²) in [5.74, 6) is 0. The number of hydrogen-bond acceptors (Lipinski definition) is 3. The van der Waals surface area contributed by atoms with Gasteiger partial charge in [0.25, 0.3) is 0 Å².